The monoisotopic (exact) mass is 465 g/mol. The molecule has 2 aromatic heterocycles. The molecular formula is C25H24ClN3O2S. The van der Waals surface area contributed by atoms with E-state index in [1.54, 1.807) is 10.9 Å². The van der Waals surface area contributed by atoms with Gasteiger partial charge in [-0.1, -0.05) is 41.4 Å². The van der Waals surface area contributed by atoms with Crippen molar-refractivity contribution in [3.8, 4) is 5.75 Å². The lowest BCUT2D eigenvalue weighted by Gasteiger charge is -2.12. The van der Waals surface area contributed by atoms with Crippen LogP contribution in [-0.2, 0) is 13.2 Å². The molecule has 0 spiro atoms. The first-order chi connectivity index (χ1) is 15.4. The van der Waals surface area contributed by atoms with Gasteiger partial charge in [-0.25, -0.2) is 0 Å². The molecule has 0 bridgehead atoms. The highest BCUT2D eigenvalue weighted by Crippen LogP contribution is 2.26. The minimum absolute atomic E-state index is 0.157. The van der Waals surface area contributed by atoms with E-state index < -0.39 is 0 Å². The lowest BCUT2D eigenvalue weighted by Crippen LogP contribution is -2.09. The number of benzene rings is 2. The number of ether oxygens (including phenoxy) is 1. The quantitative estimate of drug-likeness (QED) is 0.343. The summed E-state index contributed by atoms with van der Waals surface area (Å²) in [7, 11) is 0. The van der Waals surface area contributed by atoms with Gasteiger partial charge in [0.15, 0.2) is 0 Å². The molecule has 0 unspecified atom stereocenters. The van der Waals surface area contributed by atoms with E-state index in [9.17, 15) is 4.79 Å². The van der Waals surface area contributed by atoms with Crippen LogP contribution in [0.5, 0.6) is 5.75 Å². The highest BCUT2D eigenvalue weighted by atomic mass is 35.5. The number of thiophene rings is 1. The molecule has 5 nitrogen and oxygen atoms in total. The average molecular weight is 466 g/mol. The predicted octanol–water partition coefficient (Wildman–Crippen LogP) is 6.40. The van der Waals surface area contributed by atoms with Crippen molar-refractivity contribution in [3.05, 3.63) is 98.0 Å². The molecule has 1 N–H and O–H groups in total. The minimum atomic E-state index is -0.157. The van der Waals surface area contributed by atoms with E-state index in [-0.39, 0.29) is 5.91 Å². The lowest BCUT2D eigenvalue weighted by molar-refractivity contribution is 0.103. The number of hydrogen-bond acceptors (Lipinski definition) is 4. The summed E-state index contributed by atoms with van der Waals surface area (Å²) in [5, 5.41) is 9.89. The Kier molecular flexibility index (Phi) is 6.63. The summed E-state index contributed by atoms with van der Waals surface area (Å²) >= 11 is 7.33. The molecule has 0 aliphatic rings. The number of halogens is 1. The Morgan fingerprint density at radius 2 is 1.81 bits per heavy atom. The average Bonchev–Trinajstić information content (AvgIpc) is 3.38. The van der Waals surface area contributed by atoms with Crippen molar-refractivity contribution in [2.24, 2.45) is 0 Å². The fraction of sp³-hybridized carbons (Fsp3) is 0.200. The summed E-state index contributed by atoms with van der Waals surface area (Å²) in [6.07, 6.45) is 3.46. The van der Waals surface area contributed by atoms with Crippen molar-refractivity contribution in [2.75, 3.05) is 5.32 Å². The molecule has 0 aliphatic carbocycles. The normalized spacial score (nSPS) is 10.9. The lowest BCUT2D eigenvalue weighted by atomic mass is 10.1. The number of hydrogen-bond donors (Lipinski definition) is 1. The van der Waals surface area contributed by atoms with Crippen LogP contribution < -0.4 is 10.1 Å². The van der Waals surface area contributed by atoms with E-state index in [0.29, 0.717) is 28.7 Å². The number of aromatic nitrogens is 2. The molecule has 4 aromatic rings. The summed E-state index contributed by atoms with van der Waals surface area (Å²) in [6, 6.07) is 13.7. The molecule has 0 radical (unpaired) electrons. The first kappa shape index (κ1) is 22.1. The van der Waals surface area contributed by atoms with E-state index >= 15 is 0 Å². The summed E-state index contributed by atoms with van der Waals surface area (Å²) < 4.78 is 7.82. The SMILES string of the molecule is Cc1cc(C)c(OCc2csc(C(=O)Nc3cnn(Cc4ccc(Cl)cc4)c3)c2)c(C)c1. The topological polar surface area (TPSA) is 56.1 Å². The number of aryl methyl sites for hydroxylation is 3. The van der Waals surface area contributed by atoms with Gasteiger partial charge in [0.1, 0.15) is 12.4 Å². The molecule has 164 valence electrons. The highest BCUT2D eigenvalue weighted by molar-refractivity contribution is 7.12. The Labute approximate surface area is 196 Å². The van der Waals surface area contributed by atoms with Crippen molar-refractivity contribution in [1.82, 2.24) is 9.78 Å². The van der Waals surface area contributed by atoms with Crippen LogP contribution in [0.15, 0.2) is 60.2 Å². The maximum absolute atomic E-state index is 12.7. The first-order valence-corrected chi connectivity index (χ1v) is 11.5. The maximum atomic E-state index is 12.7. The van der Waals surface area contributed by atoms with Crippen LogP contribution in [0.3, 0.4) is 0 Å². The maximum Gasteiger partial charge on any atom is 0.265 e. The van der Waals surface area contributed by atoms with Gasteiger partial charge in [-0.2, -0.15) is 5.10 Å². The molecule has 2 aromatic carbocycles. The number of carbonyl (C=O) groups is 1. The zero-order valence-electron chi connectivity index (χ0n) is 18.2. The Bertz CT molecular complexity index is 1220. The van der Waals surface area contributed by atoms with E-state index in [1.165, 1.54) is 16.9 Å². The molecule has 0 saturated carbocycles. The number of nitrogens with one attached hydrogen (secondary N) is 1. The van der Waals surface area contributed by atoms with Crippen LogP contribution in [0.25, 0.3) is 0 Å². The van der Waals surface area contributed by atoms with Gasteiger partial charge >= 0.3 is 0 Å². The smallest absolute Gasteiger partial charge is 0.265 e. The van der Waals surface area contributed by atoms with Crippen molar-refractivity contribution in [1.29, 1.82) is 0 Å². The standard InChI is InChI=1S/C25H24ClN3O2S/c1-16-8-17(2)24(18(3)9-16)31-14-20-10-23(32-15-20)25(30)28-22-11-27-29(13-22)12-19-4-6-21(26)7-5-19/h4-11,13,15H,12,14H2,1-3H3,(H,28,30). The second kappa shape index (κ2) is 9.59. The van der Waals surface area contributed by atoms with Crippen molar-refractivity contribution >= 4 is 34.5 Å². The van der Waals surface area contributed by atoms with Crippen molar-refractivity contribution < 1.29 is 9.53 Å². The first-order valence-electron chi connectivity index (χ1n) is 10.2. The molecule has 0 saturated heterocycles. The predicted molar refractivity (Wildman–Crippen MR) is 130 cm³/mol. The molecule has 7 heteroatoms. The van der Waals surface area contributed by atoms with E-state index in [4.69, 9.17) is 16.3 Å². The van der Waals surface area contributed by atoms with Crippen molar-refractivity contribution in [2.45, 2.75) is 33.9 Å². The molecule has 4 rings (SSSR count). The fourth-order valence-corrected chi connectivity index (χ4v) is 4.52. The minimum Gasteiger partial charge on any atom is -0.488 e. The molecule has 2 heterocycles. The van der Waals surface area contributed by atoms with E-state index in [0.717, 1.165) is 28.0 Å². The molecule has 0 aliphatic heterocycles. The van der Waals surface area contributed by atoms with Gasteiger partial charge in [-0.3, -0.25) is 9.48 Å². The van der Waals surface area contributed by atoms with Gasteiger partial charge in [0.2, 0.25) is 0 Å². The van der Waals surface area contributed by atoms with Gasteiger partial charge in [-0.05, 0) is 61.0 Å². The van der Waals surface area contributed by atoms with Crippen LogP contribution in [0.2, 0.25) is 5.02 Å². The summed E-state index contributed by atoms with van der Waals surface area (Å²) in [5.74, 6) is 0.746. The number of rotatable bonds is 7. The Hall–Kier alpha value is -3.09. The van der Waals surface area contributed by atoms with Gasteiger partial charge < -0.3 is 10.1 Å². The summed E-state index contributed by atoms with van der Waals surface area (Å²) in [4.78, 5) is 13.3. The number of amides is 1. The third kappa shape index (κ3) is 5.39. The largest absolute Gasteiger partial charge is 0.488 e. The van der Waals surface area contributed by atoms with Gasteiger partial charge in [0, 0.05) is 16.8 Å². The van der Waals surface area contributed by atoms with Crippen LogP contribution in [0.4, 0.5) is 5.69 Å². The summed E-state index contributed by atoms with van der Waals surface area (Å²) in [6.45, 7) is 7.21. The molecule has 1 amide bonds. The van der Waals surface area contributed by atoms with Gasteiger partial charge in [0.05, 0.1) is 23.3 Å². The molecule has 0 atom stereocenters. The van der Waals surface area contributed by atoms with Crippen LogP contribution in [0.1, 0.15) is 37.5 Å². The number of nitrogens with zero attached hydrogens (tertiary/aromatic N) is 2. The zero-order valence-corrected chi connectivity index (χ0v) is 19.8. The number of carbonyl (C=O) groups excluding carboxylic acids is 1. The molecule has 32 heavy (non-hydrogen) atoms. The summed E-state index contributed by atoms with van der Waals surface area (Å²) in [5.41, 5.74) is 6.16. The second-order valence-corrected chi connectivity index (χ2v) is 9.19. The molecule has 0 fully saturated rings. The fourth-order valence-electron chi connectivity index (χ4n) is 3.60. The van der Waals surface area contributed by atoms with E-state index in [1.807, 2.05) is 41.9 Å². The van der Waals surface area contributed by atoms with Crippen molar-refractivity contribution in [3.63, 3.8) is 0 Å². The zero-order chi connectivity index (χ0) is 22.7. The Morgan fingerprint density at radius 3 is 2.53 bits per heavy atom. The third-order valence-corrected chi connectivity index (χ3v) is 6.24. The number of anilines is 1. The molecular weight excluding hydrogens is 442 g/mol. The van der Waals surface area contributed by atoms with Crippen LogP contribution >= 0.6 is 22.9 Å². The van der Waals surface area contributed by atoms with Gasteiger partial charge in [0.25, 0.3) is 5.91 Å². The van der Waals surface area contributed by atoms with Crippen LogP contribution in [0, 0.1) is 20.8 Å². The van der Waals surface area contributed by atoms with Gasteiger partial charge in [-0.15, -0.1) is 11.3 Å². The third-order valence-electron chi connectivity index (χ3n) is 5.01. The Balaban J connectivity index is 1.35. The highest BCUT2D eigenvalue weighted by Gasteiger charge is 2.12. The Morgan fingerprint density at radius 1 is 1.09 bits per heavy atom. The second-order valence-electron chi connectivity index (χ2n) is 7.84. The van der Waals surface area contributed by atoms with Crippen LogP contribution in [-0.4, -0.2) is 15.7 Å². The van der Waals surface area contributed by atoms with E-state index in [2.05, 4.69) is 43.3 Å².